The van der Waals surface area contributed by atoms with Crippen LogP contribution in [0.15, 0.2) is 24.3 Å². The molecule has 1 aromatic carbocycles. The first-order chi connectivity index (χ1) is 11.6. The predicted octanol–water partition coefficient (Wildman–Crippen LogP) is 2.82. The van der Waals surface area contributed by atoms with Gasteiger partial charge in [-0.1, -0.05) is 12.1 Å². The van der Waals surface area contributed by atoms with Crippen LogP contribution in [0, 0.1) is 0 Å². The molecule has 0 radical (unpaired) electrons. The van der Waals surface area contributed by atoms with Crippen molar-refractivity contribution in [3.63, 3.8) is 0 Å². The number of nitrogens with zero attached hydrogens (tertiary/aromatic N) is 2. The molecule has 0 saturated carbocycles. The molecule has 140 valence electrons. The van der Waals surface area contributed by atoms with Crippen LogP contribution in [0.4, 0.5) is 13.2 Å². The number of carbonyl (C=O) groups is 1. The van der Waals surface area contributed by atoms with Gasteiger partial charge in [0, 0.05) is 26.7 Å². The third-order valence-corrected chi connectivity index (χ3v) is 4.70. The Hall–Kier alpha value is -1.60. The summed E-state index contributed by atoms with van der Waals surface area (Å²) in [4.78, 5) is 16.3. The van der Waals surface area contributed by atoms with E-state index in [0.29, 0.717) is 18.7 Å². The van der Waals surface area contributed by atoms with Gasteiger partial charge in [0.15, 0.2) is 0 Å². The maximum absolute atomic E-state index is 12.6. The minimum atomic E-state index is -4.36. The first-order valence-electron chi connectivity index (χ1n) is 8.29. The highest BCUT2D eigenvalue weighted by molar-refractivity contribution is 5.78. The molecule has 2 rings (SSSR count). The van der Waals surface area contributed by atoms with E-state index in [-0.39, 0.29) is 17.9 Å². The summed E-state index contributed by atoms with van der Waals surface area (Å²) in [7, 11) is 5.68. The molecule has 1 amide bonds. The normalized spacial score (nSPS) is 17.8. The lowest BCUT2D eigenvalue weighted by atomic mass is 9.90. The molecule has 4 nitrogen and oxygen atoms in total. The minimum absolute atomic E-state index is 0.0608. The standard InChI is InChI=1S/C18H25F3N2O2/c1-22(2)13-17(25-3)8-10-23(11-9-17)16(24)12-14-4-6-15(7-5-14)18(19,20)21/h4-7H,8-13H2,1-3H3. The highest BCUT2D eigenvalue weighted by Crippen LogP contribution is 2.30. The molecule has 1 heterocycles. The Bertz CT molecular complexity index is 577. The van der Waals surface area contributed by atoms with Crippen LogP contribution in [-0.4, -0.2) is 62.1 Å². The van der Waals surface area contributed by atoms with E-state index in [2.05, 4.69) is 4.90 Å². The Kier molecular flexibility index (Phi) is 6.11. The number of alkyl halides is 3. The van der Waals surface area contributed by atoms with Crippen LogP contribution in [0.1, 0.15) is 24.0 Å². The third-order valence-electron chi connectivity index (χ3n) is 4.70. The van der Waals surface area contributed by atoms with Crippen LogP contribution in [0.5, 0.6) is 0 Å². The van der Waals surface area contributed by atoms with Gasteiger partial charge in [0.1, 0.15) is 0 Å². The summed E-state index contributed by atoms with van der Waals surface area (Å²) in [6.07, 6.45) is -2.74. The van der Waals surface area contributed by atoms with Crippen molar-refractivity contribution in [2.45, 2.75) is 31.0 Å². The van der Waals surface area contributed by atoms with E-state index in [0.717, 1.165) is 31.5 Å². The van der Waals surface area contributed by atoms with Gasteiger partial charge in [-0.3, -0.25) is 4.79 Å². The molecule has 1 aromatic rings. The summed E-state index contributed by atoms with van der Waals surface area (Å²) in [5.41, 5.74) is -0.348. The molecule has 0 unspecified atom stereocenters. The van der Waals surface area contributed by atoms with Crippen molar-refractivity contribution in [1.82, 2.24) is 9.80 Å². The van der Waals surface area contributed by atoms with Crippen LogP contribution < -0.4 is 0 Å². The number of hydrogen-bond acceptors (Lipinski definition) is 3. The topological polar surface area (TPSA) is 32.8 Å². The average Bonchev–Trinajstić information content (AvgIpc) is 2.54. The molecule has 0 aromatic heterocycles. The van der Waals surface area contributed by atoms with E-state index < -0.39 is 11.7 Å². The highest BCUT2D eigenvalue weighted by Gasteiger charge is 2.36. The van der Waals surface area contributed by atoms with Crippen LogP contribution in [0.2, 0.25) is 0 Å². The van der Waals surface area contributed by atoms with Crippen molar-refractivity contribution in [2.24, 2.45) is 0 Å². The Labute approximate surface area is 146 Å². The highest BCUT2D eigenvalue weighted by atomic mass is 19.4. The molecule has 0 bridgehead atoms. The summed E-state index contributed by atoms with van der Waals surface area (Å²) in [5.74, 6) is -0.0608. The number of hydrogen-bond donors (Lipinski definition) is 0. The lowest BCUT2D eigenvalue weighted by Gasteiger charge is -2.42. The molecule has 1 aliphatic rings. The van der Waals surface area contributed by atoms with Gasteiger partial charge in [0.05, 0.1) is 17.6 Å². The maximum Gasteiger partial charge on any atom is 0.416 e. The van der Waals surface area contributed by atoms with Gasteiger partial charge in [-0.15, -0.1) is 0 Å². The van der Waals surface area contributed by atoms with E-state index in [1.807, 2.05) is 14.1 Å². The number of rotatable bonds is 5. The minimum Gasteiger partial charge on any atom is -0.377 e. The number of carbonyl (C=O) groups excluding carboxylic acids is 1. The fourth-order valence-corrected chi connectivity index (χ4v) is 3.26. The van der Waals surface area contributed by atoms with Crippen molar-refractivity contribution in [3.05, 3.63) is 35.4 Å². The second-order valence-electron chi connectivity index (χ2n) is 6.88. The first-order valence-corrected chi connectivity index (χ1v) is 8.29. The maximum atomic E-state index is 12.6. The molecule has 7 heteroatoms. The van der Waals surface area contributed by atoms with Crippen molar-refractivity contribution >= 4 is 5.91 Å². The summed E-state index contributed by atoms with van der Waals surface area (Å²) in [6.45, 7) is 1.99. The zero-order valence-electron chi connectivity index (χ0n) is 14.9. The van der Waals surface area contributed by atoms with Gasteiger partial charge in [-0.2, -0.15) is 13.2 Å². The zero-order chi connectivity index (χ0) is 18.7. The van der Waals surface area contributed by atoms with Crippen LogP contribution >= 0.6 is 0 Å². The average molecular weight is 358 g/mol. The van der Waals surface area contributed by atoms with E-state index in [9.17, 15) is 18.0 Å². The first kappa shape index (κ1) is 19.7. The van der Waals surface area contributed by atoms with Crippen LogP contribution in [-0.2, 0) is 22.1 Å². The summed E-state index contributed by atoms with van der Waals surface area (Å²) >= 11 is 0. The number of piperidine rings is 1. The van der Waals surface area contributed by atoms with Gasteiger partial charge in [0.25, 0.3) is 0 Å². The quantitative estimate of drug-likeness (QED) is 0.811. The van der Waals surface area contributed by atoms with Crippen LogP contribution in [0.3, 0.4) is 0 Å². The molecule has 0 aliphatic carbocycles. The van der Waals surface area contributed by atoms with Gasteiger partial charge in [-0.05, 0) is 44.6 Å². The molecule has 1 aliphatic heterocycles. The van der Waals surface area contributed by atoms with Gasteiger partial charge in [0.2, 0.25) is 5.91 Å². The van der Waals surface area contributed by atoms with Crippen molar-refractivity contribution in [2.75, 3.05) is 40.8 Å². The van der Waals surface area contributed by atoms with Crippen molar-refractivity contribution < 1.29 is 22.7 Å². The fraction of sp³-hybridized carbons (Fsp3) is 0.611. The summed E-state index contributed by atoms with van der Waals surface area (Å²) in [5, 5.41) is 0. The molecule has 0 N–H and O–H groups in total. The predicted molar refractivity (Wildman–Crippen MR) is 89.3 cm³/mol. The number of amides is 1. The smallest absolute Gasteiger partial charge is 0.377 e. The largest absolute Gasteiger partial charge is 0.416 e. The van der Waals surface area contributed by atoms with E-state index in [1.165, 1.54) is 12.1 Å². The number of methoxy groups -OCH3 is 1. The molecular formula is C18H25F3N2O2. The molecule has 1 fully saturated rings. The number of halogens is 3. The molecule has 25 heavy (non-hydrogen) atoms. The van der Waals surface area contributed by atoms with Crippen LogP contribution in [0.25, 0.3) is 0 Å². The van der Waals surface area contributed by atoms with E-state index >= 15 is 0 Å². The number of likely N-dealkylation sites (tertiary alicyclic amines) is 1. The van der Waals surface area contributed by atoms with E-state index in [4.69, 9.17) is 4.74 Å². The SMILES string of the molecule is COC1(CN(C)C)CCN(C(=O)Cc2ccc(C(F)(F)F)cc2)CC1. The van der Waals surface area contributed by atoms with E-state index in [1.54, 1.807) is 12.0 Å². The number of benzene rings is 1. The van der Waals surface area contributed by atoms with Crippen molar-refractivity contribution in [1.29, 1.82) is 0 Å². The van der Waals surface area contributed by atoms with Gasteiger partial charge < -0.3 is 14.5 Å². The lowest BCUT2D eigenvalue weighted by molar-refractivity contribution is -0.137. The van der Waals surface area contributed by atoms with Crippen molar-refractivity contribution in [3.8, 4) is 0 Å². The monoisotopic (exact) mass is 358 g/mol. The second-order valence-corrected chi connectivity index (χ2v) is 6.88. The molecule has 1 saturated heterocycles. The Morgan fingerprint density at radius 3 is 2.20 bits per heavy atom. The number of ether oxygens (including phenoxy) is 1. The Balaban J connectivity index is 1.92. The molecule has 0 atom stereocenters. The second kappa shape index (κ2) is 7.74. The number of likely N-dealkylation sites (N-methyl/N-ethyl adjacent to an activating group) is 1. The Morgan fingerprint density at radius 1 is 1.20 bits per heavy atom. The Morgan fingerprint density at radius 2 is 1.76 bits per heavy atom. The summed E-state index contributed by atoms with van der Waals surface area (Å²) < 4.78 is 43.4. The zero-order valence-corrected chi connectivity index (χ0v) is 14.9. The molecule has 0 spiro atoms. The van der Waals surface area contributed by atoms with Gasteiger partial charge in [-0.25, -0.2) is 0 Å². The third kappa shape index (κ3) is 5.19. The fourth-order valence-electron chi connectivity index (χ4n) is 3.26. The molecular weight excluding hydrogens is 333 g/mol. The van der Waals surface area contributed by atoms with Gasteiger partial charge >= 0.3 is 6.18 Å². The summed E-state index contributed by atoms with van der Waals surface area (Å²) in [6, 6.07) is 4.78. The lowest BCUT2D eigenvalue weighted by Crippen LogP contribution is -2.52.